The number of aryl methyl sites for hydroxylation is 1. The molecule has 2 rings (SSSR count). The quantitative estimate of drug-likeness (QED) is 0.527. The van der Waals surface area contributed by atoms with Gasteiger partial charge in [-0.25, -0.2) is 4.79 Å². The average Bonchev–Trinajstić information content (AvgIpc) is 2.59. The number of amides is 1. The summed E-state index contributed by atoms with van der Waals surface area (Å²) in [7, 11) is 0. The molecule has 0 aliphatic heterocycles. The molecule has 0 saturated carbocycles. The Labute approximate surface area is 140 Å². The maximum Gasteiger partial charge on any atom is 0.404 e. The Morgan fingerprint density at radius 1 is 1.12 bits per heavy atom. The molecule has 0 aromatic heterocycles. The van der Waals surface area contributed by atoms with Gasteiger partial charge in [-0.05, 0) is 36.3 Å². The van der Waals surface area contributed by atoms with Gasteiger partial charge in [0, 0.05) is 11.9 Å². The molecule has 1 amide bonds. The lowest BCUT2D eigenvalue weighted by Gasteiger charge is -2.14. The van der Waals surface area contributed by atoms with Crippen LogP contribution in [0.1, 0.15) is 18.4 Å². The molecule has 0 bridgehead atoms. The van der Waals surface area contributed by atoms with Crippen LogP contribution in [-0.2, 0) is 6.42 Å². The SMILES string of the molecule is O=C(O)NCCCCc1ccc(OCC(O)CO)c2ccccc12. The van der Waals surface area contributed by atoms with Crippen molar-refractivity contribution in [1.82, 2.24) is 5.32 Å². The molecule has 1 unspecified atom stereocenters. The van der Waals surface area contributed by atoms with E-state index in [1.807, 2.05) is 36.4 Å². The monoisotopic (exact) mass is 333 g/mol. The van der Waals surface area contributed by atoms with Crippen LogP contribution in [0.2, 0.25) is 0 Å². The molecule has 2 aromatic rings. The number of carboxylic acid groups (broad SMARTS) is 1. The first-order chi connectivity index (χ1) is 11.6. The normalized spacial score (nSPS) is 12.1. The highest BCUT2D eigenvalue weighted by Gasteiger charge is 2.09. The van der Waals surface area contributed by atoms with Crippen molar-refractivity contribution in [1.29, 1.82) is 0 Å². The van der Waals surface area contributed by atoms with Gasteiger partial charge in [-0.1, -0.05) is 30.3 Å². The molecule has 0 fully saturated rings. The fourth-order valence-electron chi connectivity index (χ4n) is 2.55. The van der Waals surface area contributed by atoms with Crippen LogP contribution in [-0.4, -0.2) is 47.3 Å². The lowest BCUT2D eigenvalue weighted by Crippen LogP contribution is -2.21. The number of rotatable bonds is 9. The average molecular weight is 333 g/mol. The van der Waals surface area contributed by atoms with E-state index in [4.69, 9.17) is 14.9 Å². The van der Waals surface area contributed by atoms with Crippen molar-refractivity contribution in [3.05, 3.63) is 42.0 Å². The topological polar surface area (TPSA) is 99.0 Å². The number of nitrogens with one attached hydrogen (secondary N) is 1. The summed E-state index contributed by atoms with van der Waals surface area (Å²) < 4.78 is 5.61. The Kier molecular flexibility index (Phi) is 6.84. The van der Waals surface area contributed by atoms with E-state index >= 15 is 0 Å². The Bertz CT molecular complexity index is 674. The first-order valence-corrected chi connectivity index (χ1v) is 8.01. The second-order valence-electron chi connectivity index (χ2n) is 5.60. The largest absolute Gasteiger partial charge is 0.490 e. The van der Waals surface area contributed by atoms with Crippen molar-refractivity contribution < 1.29 is 24.9 Å². The zero-order chi connectivity index (χ0) is 17.4. The number of hydrogen-bond donors (Lipinski definition) is 4. The van der Waals surface area contributed by atoms with E-state index in [9.17, 15) is 9.90 Å². The summed E-state index contributed by atoms with van der Waals surface area (Å²) in [6.45, 7) is 0.161. The Hall–Kier alpha value is -2.31. The van der Waals surface area contributed by atoms with E-state index in [1.165, 1.54) is 5.56 Å². The zero-order valence-electron chi connectivity index (χ0n) is 13.4. The van der Waals surface area contributed by atoms with Crippen molar-refractivity contribution in [3.8, 4) is 5.75 Å². The van der Waals surface area contributed by atoms with Gasteiger partial charge in [-0.2, -0.15) is 0 Å². The van der Waals surface area contributed by atoms with Gasteiger partial charge in [0.15, 0.2) is 0 Å². The van der Waals surface area contributed by atoms with Crippen LogP contribution < -0.4 is 10.1 Å². The summed E-state index contributed by atoms with van der Waals surface area (Å²) in [6, 6.07) is 11.7. The summed E-state index contributed by atoms with van der Waals surface area (Å²) in [4.78, 5) is 10.4. The van der Waals surface area contributed by atoms with Crippen molar-refractivity contribution in [2.45, 2.75) is 25.4 Å². The Morgan fingerprint density at radius 2 is 1.88 bits per heavy atom. The summed E-state index contributed by atoms with van der Waals surface area (Å²) in [5.41, 5.74) is 1.18. The number of hydrogen-bond acceptors (Lipinski definition) is 4. The predicted molar refractivity (Wildman–Crippen MR) is 91.5 cm³/mol. The second kappa shape index (κ2) is 9.10. The first-order valence-electron chi connectivity index (χ1n) is 8.01. The maximum absolute atomic E-state index is 10.4. The van der Waals surface area contributed by atoms with E-state index in [0.29, 0.717) is 12.3 Å². The van der Waals surface area contributed by atoms with Crippen LogP contribution >= 0.6 is 0 Å². The summed E-state index contributed by atoms with van der Waals surface area (Å²) in [5.74, 6) is 0.675. The molecule has 0 radical (unpaired) electrons. The summed E-state index contributed by atoms with van der Waals surface area (Å²) in [5, 5.41) is 31.3. The Balaban J connectivity index is 2.05. The van der Waals surface area contributed by atoms with E-state index in [-0.39, 0.29) is 13.2 Å². The van der Waals surface area contributed by atoms with Crippen LogP contribution in [0.3, 0.4) is 0 Å². The minimum absolute atomic E-state index is 0.0424. The van der Waals surface area contributed by atoms with Crippen molar-refractivity contribution in [2.24, 2.45) is 0 Å². The van der Waals surface area contributed by atoms with E-state index in [1.54, 1.807) is 0 Å². The van der Waals surface area contributed by atoms with Gasteiger partial charge in [0.05, 0.1) is 6.61 Å². The van der Waals surface area contributed by atoms with Gasteiger partial charge in [-0.15, -0.1) is 0 Å². The molecule has 130 valence electrons. The van der Waals surface area contributed by atoms with Crippen LogP contribution in [0.5, 0.6) is 5.75 Å². The molecule has 6 nitrogen and oxygen atoms in total. The highest BCUT2D eigenvalue weighted by molar-refractivity contribution is 5.91. The molecule has 0 aliphatic rings. The summed E-state index contributed by atoms with van der Waals surface area (Å²) >= 11 is 0. The Morgan fingerprint density at radius 3 is 2.58 bits per heavy atom. The van der Waals surface area contributed by atoms with Crippen LogP contribution in [0.4, 0.5) is 4.79 Å². The molecular formula is C18H23NO5. The van der Waals surface area contributed by atoms with E-state index in [0.717, 1.165) is 30.0 Å². The lowest BCUT2D eigenvalue weighted by molar-refractivity contribution is 0.0541. The van der Waals surface area contributed by atoms with Crippen molar-refractivity contribution in [3.63, 3.8) is 0 Å². The molecule has 24 heavy (non-hydrogen) atoms. The number of aliphatic hydroxyl groups is 2. The molecule has 4 N–H and O–H groups in total. The third-order valence-electron chi connectivity index (χ3n) is 3.77. The standard InChI is InChI=1S/C18H23NO5/c20-11-14(21)12-24-17-9-8-13(5-3-4-10-19-18(22)23)15-6-1-2-7-16(15)17/h1-2,6-9,14,19-21H,3-5,10-12H2,(H,22,23). The lowest BCUT2D eigenvalue weighted by atomic mass is 9.99. The number of carbonyl (C=O) groups is 1. The van der Waals surface area contributed by atoms with Gasteiger partial charge in [-0.3, -0.25) is 0 Å². The predicted octanol–water partition coefficient (Wildman–Crippen LogP) is 2.16. The number of benzene rings is 2. The number of unbranched alkanes of at least 4 members (excludes halogenated alkanes) is 1. The molecule has 0 aliphatic carbocycles. The van der Waals surface area contributed by atoms with Crippen molar-refractivity contribution >= 4 is 16.9 Å². The van der Waals surface area contributed by atoms with Crippen LogP contribution in [0.25, 0.3) is 10.8 Å². The maximum atomic E-state index is 10.4. The third-order valence-corrected chi connectivity index (χ3v) is 3.77. The van der Waals surface area contributed by atoms with Gasteiger partial charge in [0.1, 0.15) is 18.5 Å². The first kappa shape index (κ1) is 18.0. The highest BCUT2D eigenvalue weighted by atomic mass is 16.5. The van der Waals surface area contributed by atoms with E-state index in [2.05, 4.69) is 5.32 Å². The fraction of sp³-hybridized carbons (Fsp3) is 0.389. The third kappa shape index (κ3) is 5.11. The van der Waals surface area contributed by atoms with Gasteiger partial charge in [0.25, 0.3) is 0 Å². The van der Waals surface area contributed by atoms with Gasteiger partial charge >= 0.3 is 6.09 Å². The second-order valence-corrected chi connectivity index (χ2v) is 5.60. The molecule has 0 spiro atoms. The van der Waals surface area contributed by atoms with Crippen molar-refractivity contribution in [2.75, 3.05) is 19.8 Å². The molecular weight excluding hydrogens is 310 g/mol. The number of ether oxygens (including phenoxy) is 1. The van der Waals surface area contributed by atoms with Gasteiger partial charge in [0.2, 0.25) is 0 Å². The molecule has 1 atom stereocenters. The van der Waals surface area contributed by atoms with E-state index < -0.39 is 12.2 Å². The fourth-order valence-corrected chi connectivity index (χ4v) is 2.55. The smallest absolute Gasteiger partial charge is 0.404 e. The summed E-state index contributed by atoms with van der Waals surface area (Å²) in [6.07, 6.45) is 0.619. The molecule has 2 aromatic carbocycles. The number of fused-ring (bicyclic) bond motifs is 1. The van der Waals surface area contributed by atoms with Crippen LogP contribution in [0, 0.1) is 0 Å². The zero-order valence-corrected chi connectivity index (χ0v) is 13.4. The molecule has 0 saturated heterocycles. The molecule has 6 heteroatoms. The minimum Gasteiger partial charge on any atom is -0.490 e. The minimum atomic E-state index is -0.994. The molecule has 0 heterocycles. The number of aliphatic hydroxyl groups excluding tert-OH is 2. The van der Waals surface area contributed by atoms with Crippen LogP contribution in [0.15, 0.2) is 36.4 Å². The highest BCUT2D eigenvalue weighted by Crippen LogP contribution is 2.29. The van der Waals surface area contributed by atoms with Gasteiger partial charge < -0.3 is 25.4 Å².